The largest absolute Gasteiger partial charge is 0.493 e. The van der Waals surface area contributed by atoms with Gasteiger partial charge in [-0.05, 0) is 72.2 Å². The van der Waals surface area contributed by atoms with Crippen molar-refractivity contribution >= 4 is 11.9 Å². The van der Waals surface area contributed by atoms with Gasteiger partial charge in [0.1, 0.15) is 17.2 Å². The maximum absolute atomic E-state index is 13.2. The summed E-state index contributed by atoms with van der Waals surface area (Å²) in [6, 6.07) is 11.6. The Hall–Kier alpha value is -2.75. The number of rotatable bonds is 13. The predicted molar refractivity (Wildman–Crippen MR) is 137 cm³/mol. The Morgan fingerprint density at radius 1 is 0.788 bits per heavy atom. The van der Waals surface area contributed by atoms with Crippen LogP contribution in [0.1, 0.15) is 70.0 Å². The van der Waals surface area contributed by atoms with Gasteiger partial charge in [-0.15, -0.1) is 0 Å². The molecule has 0 fully saturated rings. The van der Waals surface area contributed by atoms with Crippen LogP contribution in [-0.2, 0) is 6.42 Å². The summed E-state index contributed by atoms with van der Waals surface area (Å²) < 4.78 is 17.8. The second kappa shape index (κ2) is 13.1. The highest BCUT2D eigenvalue weighted by atomic mass is 16.5. The molecule has 0 saturated heterocycles. The Kier molecular flexibility index (Phi) is 10.5. The van der Waals surface area contributed by atoms with Gasteiger partial charge in [0.2, 0.25) is 0 Å². The van der Waals surface area contributed by atoms with E-state index in [9.17, 15) is 4.79 Å². The van der Waals surface area contributed by atoms with Gasteiger partial charge in [0.05, 0.1) is 25.4 Å². The Labute approximate surface area is 200 Å². The van der Waals surface area contributed by atoms with E-state index in [1.165, 1.54) is 5.56 Å². The third-order valence-corrected chi connectivity index (χ3v) is 4.84. The smallest absolute Gasteiger partial charge is 0.189 e. The lowest BCUT2D eigenvalue weighted by molar-refractivity contribution is 0.104. The zero-order valence-corrected chi connectivity index (χ0v) is 21.3. The molecule has 33 heavy (non-hydrogen) atoms. The second-order valence-electron chi connectivity index (χ2n) is 9.70. The van der Waals surface area contributed by atoms with Crippen molar-refractivity contribution in [3.05, 3.63) is 59.2 Å². The van der Waals surface area contributed by atoms with Crippen molar-refractivity contribution in [2.75, 3.05) is 19.8 Å². The van der Waals surface area contributed by atoms with E-state index in [0.717, 1.165) is 17.7 Å². The van der Waals surface area contributed by atoms with Gasteiger partial charge in [-0.2, -0.15) is 0 Å². The fraction of sp³-hybridized carbons (Fsp3) is 0.483. The average molecular weight is 453 g/mol. The zero-order valence-electron chi connectivity index (χ0n) is 21.3. The van der Waals surface area contributed by atoms with Crippen LogP contribution in [0.15, 0.2) is 42.5 Å². The Morgan fingerprint density at radius 3 is 1.97 bits per heavy atom. The van der Waals surface area contributed by atoms with E-state index in [2.05, 4.69) is 60.6 Å². The number of hydrogen-bond acceptors (Lipinski definition) is 4. The van der Waals surface area contributed by atoms with Crippen molar-refractivity contribution in [3.63, 3.8) is 0 Å². The number of ketones is 1. The van der Waals surface area contributed by atoms with E-state index in [0.29, 0.717) is 54.6 Å². The van der Waals surface area contributed by atoms with Crippen LogP contribution in [0, 0.1) is 17.8 Å². The Morgan fingerprint density at radius 2 is 1.36 bits per heavy atom. The first-order valence-corrected chi connectivity index (χ1v) is 12.1. The highest BCUT2D eigenvalue weighted by Crippen LogP contribution is 2.28. The van der Waals surface area contributed by atoms with Crippen molar-refractivity contribution in [3.8, 4) is 17.2 Å². The third-order valence-electron chi connectivity index (χ3n) is 4.84. The van der Waals surface area contributed by atoms with Gasteiger partial charge in [0, 0.05) is 5.56 Å². The predicted octanol–water partition coefficient (Wildman–Crippen LogP) is 7.25. The molecule has 0 N–H and O–H groups in total. The SMILES string of the molecule is CCc1ccc(OCC(C)C)c(/C=C/C(=O)c2cc(OCC(C)C)ccc2OCC(C)C)c1. The van der Waals surface area contributed by atoms with Crippen LogP contribution in [0.3, 0.4) is 0 Å². The summed E-state index contributed by atoms with van der Waals surface area (Å²) in [5.74, 6) is 3.09. The molecule has 0 aliphatic carbocycles. The molecular formula is C29H40O4. The molecule has 0 amide bonds. The topological polar surface area (TPSA) is 44.8 Å². The maximum atomic E-state index is 13.2. The molecule has 0 spiro atoms. The average Bonchev–Trinajstić information content (AvgIpc) is 2.78. The molecule has 0 aliphatic rings. The summed E-state index contributed by atoms with van der Waals surface area (Å²) in [5, 5.41) is 0. The van der Waals surface area contributed by atoms with Gasteiger partial charge in [-0.1, -0.05) is 54.5 Å². The number of allylic oxidation sites excluding steroid dienone is 1. The molecule has 4 heteroatoms. The summed E-state index contributed by atoms with van der Waals surface area (Å²) in [7, 11) is 0. The molecule has 2 aromatic rings. The highest BCUT2D eigenvalue weighted by molar-refractivity contribution is 6.09. The number of carbonyl (C=O) groups is 1. The summed E-state index contributed by atoms with van der Waals surface area (Å²) in [5.41, 5.74) is 2.61. The lowest BCUT2D eigenvalue weighted by Crippen LogP contribution is -2.09. The monoisotopic (exact) mass is 452 g/mol. The molecule has 2 aromatic carbocycles. The summed E-state index contributed by atoms with van der Waals surface area (Å²) in [4.78, 5) is 13.2. The van der Waals surface area contributed by atoms with E-state index in [1.54, 1.807) is 12.1 Å². The first-order chi connectivity index (χ1) is 15.7. The van der Waals surface area contributed by atoms with Crippen molar-refractivity contribution in [1.82, 2.24) is 0 Å². The minimum atomic E-state index is -0.125. The zero-order chi connectivity index (χ0) is 24.4. The van der Waals surface area contributed by atoms with Gasteiger partial charge in [0.15, 0.2) is 5.78 Å². The van der Waals surface area contributed by atoms with Crippen LogP contribution in [-0.4, -0.2) is 25.6 Å². The van der Waals surface area contributed by atoms with Crippen LogP contribution in [0.2, 0.25) is 0 Å². The van der Waals surface area contributed by atoms with Crippen molar-refractivity contribution < 1.29 is 19.0 Å². The lowest BCUT2D eigenvalue weighted by Gasteiger charge is -2.15. The molecule has 180 valence electrons. The molecule has 0 radical (unpaired) electrons. The van der Waals surface area contributed by atoms with Crippen molar-refractivity contribution in [2.24, 2.45) is 17.8 Å². The number of carbonyl (C=O) groups excluding carboxylic acids is 1. The molecule has 0 unspecified atom stereocenters. The van der Waals surface area contributed by atoms with Gasteiger partial charge in [-0.25, -0.2) is 0 Å². The Bertz CT molecular complexity index is 925. The van der Waals surface area contributed by atoms with Gasteiger partial charge < -0.3 is 14.2 Å². The molecule has 2 rings (SSSR count). The molecule has 0 saturated carbocycles. The van der Waals surface area contributed by atoms with E-state index >= 15 is 0 Å². The molecule has 0 atom stereocenters. The normalized spacial score (nSPS) is 11.6. The van der Waals surface area contributed by atoms with E-state index in [4.69, 9.17) is 14.2 Å². The van der Waals surface area contributed by atoms with Gasteiger partial charge >= 0.3 is 0 Å². The van der Waals surface area contributed by atoms with Crippen molar-refractivity contribution in [1.29, 1.82) is 0 Å². The second-order valence-corrected chi connectivity index (χ2v) is 9.70. The summed E-state index contributed by atoms with van der Waals surface area (Å²) >= 11 is 0. The lowest BCUT2D eigenvalue weighted by atomic mass is 10.0. The van der Waals surface area contributed by atoms with Crippen LogP contribution in [0.4, 0.5) is 0 Å². The van der Waals surface area contributed by atoms with Crippen LogP contribution in [0.25, 0.3) is 6.08 Å². The van der Waals surface area contributed by atoms with E-state index in [1.807, 2.05) is 24.3 Å². The standard InChI is InChI=1S/C29H40O4/c1-8-23-9-13-28(32-18-21(4)5)24(15-23)10-12-27(30)26-16-25(31-17-20(2)3)11-14-29(26)33-19-22(6)7/h9-16,20-22H,8,17-19H2,1-7H3/b12-10+. The van der Waals surface area contributed by atoms with Crippen LogP contribution < -0.4 is 14.2 Å². The fourth-order valence-electron chi connectivity index (χ4n) is 3.03. The van der Waals surface area contributed by atoms with Crippen LogP contribution in [0.5, 0.6) is 17.2 Å². The quantitative estimate of drug-likeness (QED) is 0.237. The minimum Gasteiger partial charge on any atom is -0.493 e. The van der Waals surface area contributed by atoms with Gasteiger partial charge in [0.25, 0.3) is 0 Å². The molecular weight excluding hydrogens is 412 g/mol. The number of aryl methyl sites for hydroxylation is 1. The number of benzene rings is 2. The van der Waals surface area contributed by atoms with E-state index < -0.39 is 0 Å². The fourth-order valence-corrected chi connectivity index (χ4v) is 3.03. The van der Waals surface area contributed by atoms with E-state index in [-0.39, 0.29) is 5.78 Å². The van der Waals surface area contributed by atoms with Gasteiger partial charge in [-0.3, -0.25) is 4.79 Å². The number of ether oxygens (including phenoxy) is 3. The first kappa shape index (κ1) is 26.5. The Balaban J connectivity index is 2.33. The minimum absolute atomic E-state index is 0.125. The maximum Gasteiger partial charge on any atom is 0.189 e. The number of hydrogen-bond donors (Lipinski definition) is 0. The molecule has 0 bridgehead atoms. The highest BCUT2D eigenvalue weighted by Gasteiger charge is 2.14. The molecule has 4 nitrogen and oxygen atoms in total. The summed E-state index contributed by atoms with van der Waals surface area (Å²) in [6.07, 6.45) is 4.35. The van der Waals surface area contributed by atoms with Crippen molar-refractivity contribution in [2.45, 2.75) is 54.9 Å². The first-order valence-electron chi connectivity index (χ1n) is 12.1. The molecule has 0 heterocycles. The molecule has 0 aromatic heterocycles. The molecule has 0 aliphatic heterocycles. The summed E-state index contributed by atoms with van der Waals surface area (Å²) in [6.45, 7) is 16.5. The third kappa shape index (κ3) is 8.95. The van der Waals surface area contributed by atoms with Crippen LogP contribution >= 0.6 is 0 Å².